The number of allylic oxidation sites excluding steroid dienone is 1. The van der Waals surface area contributed by atoms with Crippen molar-refractivity contribution in [1.82, 2.24) is 0 Å². The van der Waals surface area contributed by atoms with Crippen molar-refractivity contribution < 1.29 is 28.2 Å². The highest BCUT2D eigenvalue weighted by atomic mass is 19.1. The zero-order valence-electron chi connectivity index (χ0n) is 16.4. The van der Waals surface area contributed by atoms with E-state index in [0.29, 0.717) is 16.9 Å². The van der Waals surface area contributed by atoms with Gasteiger partial charge in [0.05, 0.1) is 19.8 Å². The van der Waals surface area contributed by atoms with E-state index >= 15 is 0 Å². The second kappa shape index (κ2) is 9.52. The fraction of sp³-hybridized carbons (Fsp3) is 0.0833. The van der Waals surface area contributed by atoms with Gasteiger partial charge in [-0.1, -0.05) is 24.3 Å². The third-order valence-electron chi connectivity index (χ3n) is 4.29. The van der Waals surface area contributed by atoms with Crippen molar-refractivity contribution in [2.24, 2.45) is 0 Å². The van der Waals surface area contributed by atoms with Gasteiger partial charge in [-0.15, -0.1) is 0 Å². The largest absolute Gasteiger partial charge is 0.497 e. The Balaban J connectivity index is 1.74. The monoisotopic (exact) mass is 406 g/mol. The quantitative estimate of drug-likeness (QED) is 0.240. The number of benzene rings is 3. The number of carbonyl (C=O) groups excluding carboxylic acids is 2. The van der Waals surface area contributed by atoms with E-state index in [9.17, 15) is 14.0 Å². The van der Waals surface area contributed by atoms with Crippen LogP contribution in [0.25, 0.3) is 6.08 Å². The summed E-state index contributed by atoms with van der Waals surface area (Å²) in [7, 11) is 2.98. The van der Waals surface area contributed by atoms with Crippen LogP contribution in [0.1, 0.15) is 26.3 Å². The average molecular weight is 406 g/mol. The van der Waals surface area contributed by atoms with E-state index in [1.54, 1.807) is 55.7 Å². The molecule has 3 aromatic carbocycles. The highest BCUT2D eigenvalue weighted by Gasteiger charge is 2.16. The minimum absolute atomic E-state index is 0.143. The van der Waals surface area contributed by atoms with Crippen LogP contribution in [0, 0.1) is 5.82 Å². The number of ether oxygens (including phenoxy) is 3. The maximum atomic E-state index is 13.8. The molecule has 0 N–H and O–H groups in total. The topological polar surface area (TPSA) is 61.8 Å². The molecule has 0 aliphatic heterocycles. The van der Waals surface area contributed by atoms with Crippen molar-refractivity contribution >= 4 is 17.8 Å². The second-order valence-corrected chi connectivity index (χ2v) is 6.21. The smallest absolute Gasteiger partial charge is 0.346 e. The lowest BCUT2D eigenvalue weighted by Crippen LogP contribution is -2.11. The van der Waals surface area contributed by atoms with E-state index < -0.39 is 11.8 Å². The summed E-state index contributed by atoms with van der Waals surface area (Å²) in [6.07, 6.45) is 3.05. The Hall–Kier alpha value is -3.93. The van der Waals surface area contributed by atoms with Crippen molar-refractivity contribution in [3.8, 4) is 17.2 Å². The first-order chi connectivity index (χ1) is 14.5. The lowest BCUT2D eigenvalue weighted by Gasteiger charge is -2.10. The van der Waals surface area contributed by atoms with Crippen LogP contribution in [0.2, 0.25) is 0 Å². The standard InChI is InChI=1S/C24H19FO5/c1-28-18-11-9-17(10-12-18)21(26)13-7-16-8-14-22(23(15-16)29-2)30-24(27)19-5-3-4-6-20(19)25/h3-15H,1-2H3/b13-7+. The first-order valence-corrected chi connectivity index (χ1v) is 9.03. The van der Waals surface area contributed by atoms with E-state index in [1.165, 1.54) is 37.5 Å². The van der Waals surface area contributed by atoms with Crippen LogP contribution in [-0.2, 0) is 0 Å². The number of hydrogen-bond acceptors (Lipinski definition) is 5. The molecule has 0 saturated heterocycles. The van der Waals surface area contributed by atoms with Crippen molar-refractivity contribution in [1.29, 1.82) is 0 Å². The number of esters is 1. The fourth-order valence-corrected chi connectivity index (χ4v) is 2.68. The van der Waals surface area contributed by atoms with Gasteiger partial charge in [0.15, 0.2) is 17.3 Å². The highest BCUT2D eigenvalue weighted by Crippen LogP contribution is 2.29. The molecule has 0 aromatic heterocycles. The third-order valence-corrected chi connectivity index (χ3v) is 4.29. The molecule has 0 heterocycles. The summed E-state index contributed by atoms with van der Waals surface area (Å²) >= 11 is 0. The van der Waals surface area contributed by atoms with Crippen LogP contribution >= 0.6 is 0 Å². The Kier molecular flexibility index (Phi) is 6.60. The number of methoxy groups -OCH3 is 2. The van der Waals surface area contributed by atoms with Crippen LogP contribution in [0.3, 0.4) is 0 Å². The number of rotatable bonds is 7. The molecule has 152 valence electrons. The molecule has 0 aliphatic carbocycles. The first kappa shape index (κ1) is 20.8. The van der Waals surface area contributed by atoms with Gasteiger partial charge in [0.25, 0.3) is 0 Å². The number of halogens is 1. The van der Waals surface area contributed by atoms with Gasteiger partial charge in [-0.25, -0.2) is 9.18 Å². The molecule has 0 atom stereocenters. The summed E-state index contributed by atoms with van der Waals surface area (Å²) in [5.74, 6) is -0.585. The Morgan fingerprint density at radius 1 is 0.867 bits per heavy atom. The van der Waals surface area contributed by atoms with Gasteiger partial charge in [0, 0.05) is 5.56 Å². The van der Waals surface area contributed by atoms with Gasteiger partial charge in [-0.05, 0) is 60.2 Å². The summed E-state index contributed by atoms with van der Waals surface area (Å²) in [6, 6.07) is 17.1. The molecule has 0 radical (unpaired) electrons. The van der Waals surface area contributed by atoms with Gasteiger partial charge in [0.2, 0.25) is 0 Å². The van der Waals surface area contributed by atoms with E-state index in [1.807, 2.05) is 0 Å². The van der Waals surface area contributed by atoms with Crippen molar-refractivity contribution in [2.45, 2.75) is 0 Å². The molecular weight excluding hydrogens is 387 g/mol. The molecule has 0 spiro atoms. The van der Waals surface area contributed by atoms with Crippen molar-refractivity contribution in [2.75, 3.05) is 14.2 Å². The zero-order valence-corrected chi connectivity index (χ0v) is 16.4. The van der Waals surface area contributed by atoms with Crippen LogP contribution < -0.4 is 14.2 Å². The van der Waals surface area contributed by atoms with Crippen molar-refractivity contribution in [3.05, 3.63) is 95.3 Å². The molecule has 0 amide bonds. The molecular formula is C24H19FO5. The van der Waals surface area contributed by atoms with Gasteiger partial charge in [0.1, 0.15) is 11.6 Å². The van der Waals surface area contributed by atoms with Gasteiger partial charge < -0.3 is 14.2 Å². The average Bonchev–Trinajstić information content (AvgIpc) is 2.78. The van der Waals surface area contributed by atoms with Gasteiger partial charge in [-0.3, -0.25) is 4.79 Å². The SMILES string of the molecule is COc1ccc(C(=O)/C=C/c2ccc(OC(=O)c3ccccc3F)c(OC)c2)cc1. The Bertz CT molecular complexity index is 1090. The van der Waals surface area contributed by atoms with E-state index in [-0.39, 0.29) is 22.8 Å². The Labute approximate surface area is 173 Å². The van der Waals surface area contributed by atoms with Crippen LogP contribution in [0.15, 0.2) is 72.8 Å². The minimum Gasteiger partial charge on any atom is -0.497 e. The van der Waals surface area contributed by atoms with Crippen LogP contribution in [0.5, 0.6) is 17.2 Å². The molecule has 30 heavy (non-hydrogen) atoms. The first-order valence-electron chi connectivity index (χ1n) is 9.03. The number of ketones is 1. The molecule has 0 unspecified atom stereocenters. The lowest BCUT2D eigenvalue weighted by molar-refractivity contribution is 0.0724. The predicted molar refractivity (Wildman–Crippen MR) is 111 cm³/mol. The Morgan fingerprint density at radius 3 is 2.27 bits per heavy atom. The highest BCUT2D eigenvalue weighted by molar-refractivity contribution is 6.06. The summed E-state index contributed by atoms with van der Waals surface area (Å²) in [4.78, 5) is 24.5. The zero-order chi connectivity index (χ0) is 21.5. The predicted octanol–water partition coefficient (Wildman–Crippen LogP) is 4.96. The maximum absolute atomic E-state index is 13.8. The second-order valence-electron chi connectivity index (χ2n) is 6.21. The van der Waals surface area contributed by atoms with E-state index in [2.05, 4.69) is 0 Å². The molecule has 5 nitrogen and oxygen atoms in total. The molecule has 3 rings (SSSR count). The number of carbonyl (C=O) groups is 2. The molecule has 6 heteroatoms. The summed E-state index contributed by atoms with van der Waals surface area (Å²) < 4.78 is 29.4. The van der Waals surface area contributed by atoms with E-state index in [0.717, 1.165) is 0 Å². The molecule has 0 bridgehead atoms. The van der Waals surface area contributed by atoms with E-state index in [4.69, 9.17) is 14.2 Å². The lowest BCUT2D eigenvalue weighted by atomic mass is 10.1. The molecule has 0 aliphatic rings. The molecule has 3 aromatic rings. The van der Waals surface area contributed by atoms with Gasteiger partial charge >= 0.3 is 5.97 Å². The fourth-order valence-electron chi connectivity index (χ4n) is 2.68. The number of hydrogen-bond donors (Lipinski definition) is 0. The summed E-state index contributed by atoms with van der Waals surface area (Å²) in [6.45, 7) is 0. The minimum atomic E-state index is -0.829. The maximum Gasteiger partial charge on any atom is 0.346 e. The Morgan fingerprint density at radius 2 is 1.60 bits per heavy atom. The van der Waals surface area contributed by atoms with Crippen LogP contribution in [-0.4, -0.2) is 26.0 Å². The third kappa shape index (κ3) is 4.91. The summed E-state index contributed by atoms with van der Waals surface area (Å²) in [5, 5.41) is 0. The summed E-state index contributed by atoms with van der Waals surface area (Å²) in [5.41, 5.74) is 1.02. The van der Waals surface area contributed by atoms with Crippen LogP contribution in [0.4, 0.5) is 4.39 Å². The normalized spacial score (nSPS) is 10.6. The molecule has 0 fully saturated rings. The molecule has 0 saturated carbocycles. The van der Waals surface area contributed by atoms with Crippen molar-refractivity contribution in [3.63, 3.8) is 0 Å². The van der Waals surface area contributed by atoms with Gasteiger partial charge in [-0.2, -0.15) is 0 Å².